The third kappa shape index (κ3) is 5.85. The first-order valence-electron chi connectivity index (χ1n) is 7.72. The van der Waals surface area contributed by atoms with Crippen molar-refractivity contribution in [3.63, 3.8) is 0 Å². The van der Waals surface area contributed by atoms with Gasteiger partial charge in [-0.3, -0.25) is 4.21 Å². The number of aromatic nitrogens is 3. The Bertz CT molecular complexity index is 881. The van der Waals surface area contributed by atoms with Gasteiger partial charge in [-0.25, -0.2) is 4.79 Å². The number of methoxy groups -OCH3 is 1. The zero-order valence-corrected chi connectivity index (χ0v) is 15.5. The van der Waals surface area contributed by atoms with E-state index in [9.17, 15) is 26.7 Å². The minimum absolute atomic E-state index is 0.0324. The summed E-state index contributed by atoms with van der Waals surface area (Å²) in [5.74, 6) is -0.432. The minimum Gasteiger partial charge on any atom is -0.755 e. The number of alkyl halides is 3. The molecule has 1 atom stereocenters. The highest BCUT2D eigenvalue weighted by atomic mass is 32.2. The summed E-state index contributed by atoms with van der Waals surface area (Å²) in [4.78, 5) is 23.8. The first kappa shape index (κ1) is 21.5. The van der Waals surface area contributed by atoms with E-state index < -0.39 is 35.8 Å². The Morgan fingerprint density at radius 3 is 2.57 bits per heavy atom. The van der Waals surface area contributed by atoms with Crippen LogP contribution in [0, 0.1) is 6.92 Å². The normalized spacial score (nSPS) is 12.4. The maximum absolute atomic E-state index is 12.5. The molecule has 0 aliphatic rings. The molecule has 0 radical (unpaired) electrons. The SMILES string of the molecule is COc1nc(C)nc(N(C(=O)Nc2ccccc2CCC(F)(F)F)S(=O)[O-])n1. The van der Waals surface area contributed by atoms with Gasteiger partial charge in [0.05, 0.1) is 18.4 Å². The van der Waals surface area contributed by atoms with E-state index >= 15 is 0 Å². The number of anilines is 2. The fraction of sp³-hybridized carbons (Fsp3) is 0.333. The molecule has 28 heavy (non-hydrogen) atoms. The predicted molar refractivity (Wildman–Crippen MR) is 92.4 cm³/mol. The minimum atomic E-state index is -4.38. The Morgan fingerprint density at radius 2 is 1.96 bits per heavy atom. The van der Waals surface area contributed by atoms with E-state index in [4.69, 9.17) is 4.74 Å². The number of ether oxygens (including phenoxy) is 1. The Labute approximate surface area is 160 Å². The lowest BCUT2D eigenvalue weighted by Crippen LogP contribution is -2.38. The molecule has 0 aliphatic carbocycles. The molecule has 0 aliphatic heterocycles. The van der Waals surface area contributed by atoms with Crippen molar-refractivity contribution in [2.75, 3.05) is 16.7 Å². The molecule has 9 nitrogen and oxygen atoms in total. The van der Waals surface area contributed by atoms with Crippen LogP contribution >= 0.6 is 0 Å². The van der Waals surface area contributed by atoms with Gasteiger partial charge in [-0.05, 0) is 25.0 Å². The standard InChI is InChI=1S/C15H16F3N5O4S/c1-9-19-12(22-13(20-9)27-2)23(28(25)26)14(24)21-11-6-4-3-5-10(11)7-8-15(16,17)18/h3-6H,7-8H2,1-2H3,(H,21,24)(H,25,26)/p-1. The summed E-state index contributed by atoms with van der Waals surface area (Å²) in [6.45, 7) is 1.43. The van der Waals surface area contributed by atoms with Gasteiger partial charge in [-0.2, -0.15) is 32.4 Å². The molecule has 152 valence electrons. The second-order valence-corrected chi connectivity index (χ2v) is 6.18. The van der Waals surface area contributed by atoms with Crippen LogP contribution in [0.25, 0.3) is 0 Å². The van der Waals surface area contributed by atoms with Gasteiger partial charge >= 0.3 is 18.2 Å². The summed E-state index contributed by atoms with van der Waals surface area (Å²) >= 11 is -3.12. The lowest BCUT2D eigenvalue weighted by atomic mass is 10.1. The number of rotatable bonds is 6. The van der Waals surface area contributed by atoms with E-state index in [1.54, 1.807) is 0 Å². The first-order chi connectivity index (χ1) is 13.1. The number of carbonyl (C=O) groups excluding carboxylic acids is 1. The topological polar surface area (TPSA) is 120 Å². The number of aryl methyl sites for hydroxylation is 2. The van der Waals surface area contributed by atoms with Gasteiger partial charge < -0.3 is 14.6 Å². The second-order valence-electron chi connectivity index (χ2n) is 5.38. The first-order valence-corrected chi connectivity index (χ1v) is 8.75. The fourth-order valence-electron chi connectivity index (χ4n) is 2.15. The van der Waals surface area contributed by atoms with Crippen molar-refractivity contribution in [1.82, 2.24) is 15.0 Å². The van der Waals surface area contributed by atoms with E-state index in [1.807, 2.05) is 0 Å². The number of hydrogen-bond donors (Lipinski definition) is 1. The smallest absolute Gasteiger partial charge is 0.389 e. The molecule has 2 aromatic rings. The van der Waals surface area contributed by atoms with Gasteiger partial charge in [0.1, 0.15) is 5.82 Å². The molecule has 0 bridgehead atoms. The number of hydrogen-bond acceptors (Lipinski definition) is 7. The van der Waals surface area contributed by atoms with E-state index in [1.165, 1.54) is 38.3 Å². The largest absolute Gasteiger partial charge is 0.755 e. The molecule has 1 N–H and O–H groups in total. The third-order valence-corrected chi connectivity index (χ3v) is 3.98. The molecule has 0 saturated heterocycles. The van der Waals surface area contributed by atoms with Gasteiger partial charge in [0, 0.05) is 12.1 Å². The van der Waals surface area contributed by atoms with Crippen molar-refractivity contribution in [2.24, 2.45) is 0 Å². The number of nitrogens with zero attached hydrogens (tertiary/aromatic N) is 4. The molecule has 1 heterocycles. The molecular formula is C15H15F3N5O4S-. The molecule has 1 unspecified atom stereocenters. The van der Waals surface area contributed by atoms with Gasteiger partial charge in [-0.15, -0.1) is 0 Å². The highest BCUT2D eigenvalue weighted by Gasteiger charge is 2.27. The Hall–Kier alpha value is -2.80. The number of nitrogens with one attached hydrogen (secondary N) is 1. The summed E-state index contributed by atoms with van der Waals surface area (Å²) in [6.07, 6.45) is -5.86. The zero-order valence-electron chi connectivity index (χ0n) is 14.7. The van der Waals surface area contributed by atoms with Crippen LogP contribution in [0.1, 0.15) is 17.8 Å². The Kier molecular flexibility index (Phi) is 6.85. The van der Waals surface area contributed by atoms with E-state index in [2.05, 4.69) is 20.3 Å². The molecule has 13 heteroatoms. The maximum atomic E-state index is 12.5. The molecular weight excluding hydrogens is 403 g/mol. The van der Waals surface area contributed by atoms with Crippen LogP contribution in [-0.4, -0.2) is 43.0 Å². The lowest BCUT2D eigenvalue weighted by Gasteiger charge is -2.23. The number of halogens is 3. The van der Waals surface area contributed by atoms with Gasteiger partial charge in [0.15, 0.2) is 0 Å². The van der Waals surface area contributed by atoms with Gasteiger partial charge in [-0.1, -0.05) is 18.2 Å². The summed E-state index contributed by atoms with van der Waals surface area (Å²) in [5.41, 5.74) is 0.221. The monoisotopic (exact) mass is 418 g/mol. The van der Waals surface area contributed by atoms with Crippen LogP contribution in [0.3, 0.4) is 0 Å². The molecule has 0 saturated carbocycles. The fourth-order valence-corrected chi connectivity index (χ4v) is 2.55. The van der Waals surface area contributed by atoms with Crippen LogP contribution in [0.15, 0.2) is 24.3 Å². The predicted octanol–water partition coefficient (Wildman–Crippen LogP) is 2.52. The van der Waals surface area contributed by atoms with Gasteiger partial charge in [0.25, 0.3) is 5.95 Å². The average molecular weight is 418 g/mol. The van der Waals surface area contributed by atoms with E-state index in [-0.39, 0.29) is 33.8 Å². The van der Waals surface area contributed by atoms with Crippen LogP contribution in [0.2, 0.25) is 0 Å². The van der Waals surface area contributed by atoms with Crippen LogP contribution in [0.4, 0.5) is 29.6 Å². The van der Waals surface area contributed by atoms with Crippen molar-refractivity contribution in [3.8, 4) is 6.01 Å². The molecule has 1 aromatic carbocycles. The Balaban J connectivity index is 2.29. The number of carbonyl (C=O) groups is 1. The molecule has 2 rings (SSSR count). The summed E-state index contributed by atoms with van der Waals surface area (Å²) in [6, 6.07) is 4.36. The summed E-state index contributed by atoms with van der Waals surface area (Å²) < 4.78 is 65.6. The van der Waals surface area contributed by atoms with Crippen LogP contribution in [-0.2, 0) is 17.7 Å². The average Bonchev–Trinajstić information content (AvgIpc) is 2.59. The highest BCUT2D eigenvalue weighted by molar-refractivity contribution is 7.81. The number of benzene rings is 1. The summed E-state index contributed by atoms with van der Waals surface area (Å²) in [5, 5.41) is 2.27. The van der Waals surface area contributed by atoms with Crippen molar-refractivity contribution in [1.29, 1.82) is 0 Å². The Morgan fingerprint density at radius 1 is 1.29 bits per heavy atom. The van der Waals surface area contributed by atoms with Crippen molar-refractivity contribution < 1.29 is 31.5 Å². The van der Waals surface area contributed by atoms with Crippen LogP contribution in [0.5, 0.6) is 6.01 Å². The molecule has 0 fully saturated rings. The quantitative estimate of drug-likeness (QED) is 0.716. The van der Waals surface area contributed by atoms with Crippen molar-refractivity contribution in [3.05, 3.63) is 35.7 Å². The molecule has 2 amide bonds. The summed E-state index contributed by atoms with van der Waals surface area (Å²) in [7, 11) is 1.24. The molecule has 1 aromatic heterocycles. The van der Waals surface area contributed by atoms with E-state index in [0.717, 1.165) is 0 Å². The van der Waals surface area contributed by atoms with Crippen LogP contribution < -0.4 is 14.4 Å². The second kappa shape index (κ2) is 8.93. The maximum Gasteiger partial charge on any atom is 0.389 e. The molecule has 0 spiro atoms. The number of amides is 2. The third-order valence-electron chi connectivity index (χ3n) is 3.35. The van der Waals surface area contributed by atoms with E-state index in [0.29, 0.717) is 0 Å². The lowest BCUT2D eigenvalue weighted by molar-refractivity contribution is -0.133. The van der Waals surface area contributed by atoms with Crippen molar-refractivity contribution >= 4 is 28.9 Å². The highest BCUT2D eigenvalue weighted by Crippen LogP contribution is 2.26. The van der Waals surface area contributed by atoms with Crippen molar-refractivity contribution in [2.45, 2.75) is 25.9 Å². The zero-order chi connectivity index (χ0) is 20.9. The number of para-hydroxylation sites is 1. The number of urea groups is 1. The van der Waals surface area contributed by atoms with Gasteiger partial charge in [0.2, 0.25) is 0 Å².